The quantitative estimate of drug-likeness (QED) is 0.823. The molecule has 0 aliphatic rings. The Kier molecular flexibility index (Phi) is 6.02. The summed E-state index contributed by atoms with van der Waals surface area (Å²) in [5.74, 6) is 1.39. The van der Waals surface area contributed by atoms with Crippen LogP contribution in [0.3, 0.4) is 0 Å². The van der Waals surface area contributed by atoms with Crippen LogP contribution in [0.15, 0.2) is 41.1 Å². The summed E-state index contributed by atoms with van der Waals surface area (Å²) in [5, 5.41) is 5.70. The Morgan fingerprint density at radius 3 is 2.83 bits per heavy atom. The third-order valence-electron chi connectivity index (χ3n) is 3.10. The van der Waals surface area contributed by atoms with E-state index in [1.165, 1.54) is 0 Å². The molecular formula is C17H23N3O3. The fourth-order valence-electron chi connectivity index (χ4n) is 2.12. The summed E-state index contributed by atoms with van der Waals surface area (Å²) < 4.78 is 10.9. The Morgan fingerprint density at radius 2 is 2.13 bits per heavy atom. The normalized spacial score (nSPS) is 12.0. The minimum Gasteiger partial charge on any atom is -0.475 e. The summed E-state index contributed by atoms with van der Waals surface area (Å²) in [4.78, 5) is 16.2. The molecular weight excluding hydrogens is 294 g/mol. The molecule has 6 heteroatoms. The minimum absolute atomic E-state index is 0.0265. The SMILES string of the molecule is CC(C)Oc1ncccc1CNC(=O)N[C@H](C)Cc1ccco1. The molecule has 1 atom stereocenters. The second kappa shape index (κ2) is 8.22. The number of aromatic nitrogens is 1. The number of rotatable bonds is 7. The molecule has 0 aliphatic carbocycles. The van der Waals surface area contributed by atoms with Crippen LogP contribution in [-0.4, -0.2) is 23.2 Å². The third-order valence-corrected chi connectivity index (χ3v) is 3.10. The predicted molar refractivity (Wildman–Crippen MR) is 87.2 cm³/mol. The van der Waals surface area contributed by atoms with Crippen molar-refractivity contribution in [2.45, 2.75) is 45.9 Å². The summed E-state index contributed by atoms with van der Waals surface area (Å²) >= 11 is 0. The molecule has 6 nitrogen and oxygen atoms in total. The van der Waals surface area contributed by atoms with Crippen LogP contribution in [0.25, 0.3) is 0 Å². The summed E-state index contributed by atoms with van der Waals surface area (Å²) in [7, 11) is 0. The lowest BCUT2D eigenvalue weighted by Crippen LogP contribution is -2.41. The zero-order valence-electron chi connectivity index (χ0n) is 13.7. The van der Waals surface area contributed by atoms with Gasteiger partial charge in [-0.3, -0.25) is 0 Å². The van der Waals surface area contributed by atoms with Crippen molar-refractivity contribution in [1.29, 1.82) is 0 Å². The van der Waals surface area contributed by atoms with Crippen molar-refractivity contribution < 1.29 is 13.9 Å². The van der Waals surface area contributed by atoms with Gasteiger partial charge in [-0.25, -0.2) is 9.78 Å². The van der Waals surface area contributed by atoms with Gasteiger partial charge >= 0.3 is 6.03 Å². The molecule has 2 N–H and O–H groups in total. The highest BCUT2D eigenvalue weighted by Crippen LogP contribution is 2.15. The molecule has 23 heavy (non-hydrogen) atoms. The van der Waals surface area contributed by atoms with Gasteiger partial charge in [0.05, 0.1) is 12.4 Å². The molecule has 2 rings (SSSR count). The van der Waals surface area contributed by atoms with Crippen molar-refractivity contribution in [3.8, 4) is 5.88 Å². The Balaban J connectivity index is 1.82. The average Bonchev–Trinajstić information content (AvgIpc) is 2.98. The maximum absolute atomic E-state index is 12.0. The van der Waals surface area contributed by atoms with Crippen LogP contribution in [0.2, 0.25) is 0 Å². The van der Waals surface area contributed by atoms with Crippen molar-refractivity contribution in [2.24, 2.45) is 0 Å². The monoisotopic (exact) mass is 317 g/mol. The van der Waals surface area contributed by atoms with Gasteiger partial charge < -0.3 is 19.8 Å². The maximum Gasteiger partial charge on any atom is 0.315 e. The highest BCUT2D eigenvalue weighted by molar-refractivity contribution is 5.74. The number of carbonyl (C=O) groups excluding carboxylic acids is 1. The first kappa shape index (κ1) is 16.9. The van der Waals surface area contributed by atoms with Crippen molar-refractivity contribution in [3.63, 3.8) is 0 Å². The van der Waals surface area contributed by atoms with E-state index in [1.807, 2.05) is 45.0 Å². The van der Waals surface area contributed by atoms with Crippen molar-refractivity contribution >= 4 is 6.03 Å². The summed E-state index contributed by atoms with van der Waals surface area (Å²) in [6, 6.07) is 7.17. The Hall–Kier alpha value is -2.50. The highest BCUT2D eigenvalue weighted by Gasteiger charge is 2.11. The van der Waals surface area contributed by atoms with Crippen LogP contribution < -0.4 is 15.4 Å². The number of nitrogens with one attached hydrogen (secondary N) is 2. The summed E-state index contributed by atoms with van der Waals surface area (Å²) in [5.41, 5.74) is 0.843. The van der Waals surface area contributed by atoms with Crippen molar-refractivity contribution in [3.05, 3.63) is 48.0 Å². The molecule has 2 aromatic heterocycles. The zero-order valence-corrected chi connectivity index (χ0v) is 13.7. The topological polar surface area (TPSA) is 76.4 Å². The van der Waals surface area contributed by atoms with E-state index in [9.17, 15) is 4.79 Å². The van der Waals surface area contributed by atoms with Gasteiger partial charge in [0, 0.05) is 30.8 Å². The largest absolute Gasteiger partial charge is 0.475 e. The van der Waals surface area contributed by atoms with E-state index in [2.05, 4.69) is 15.6 Å². The molecule has 0 aliphatic heterocycles. The Bertz CT molecular complexity index is 611. The first-order chi connectivity index (χ1) is 11.0. The van der Waals surface area contributed by atoms with Gasteiger partial charge in [0.25, 0.3) is 0 Å². The average molecular weight is 317 g/mol. The standard InChI is InChI=1S/C17H23N3O3/c1-12(2)23-16-14(6-4-8-18-16)11-19-17(21)20-13(3)10-15-7-5-9-22-15/h4-9,12-13H,10-11H2,1-3H3,(H2,19,20,21)/t13-/m1/s1. The van der Waals surface area contributed by atoms with Crippen LogP contribution >= 0.6 is 0 Å². The highest BCUT2D eigenvalue weighted by atomic mass is 16.5. The third kappa shape index (κ3) is 5.65. The molecule has 124 valence electrons. The molecule has 0 radical (unpaired) electrons. The predicted octanol–water partition coefficient (Wildman–Crippen LogP) is 2.89. The number of urea groups is 1. The number of hydrogen-bond donors (Lipinski definition) is 2. The van der Waals surface area contributed by atoms with Crippen LogP contribution in [0.5, 0.6) is 5.88 Å². The van der Waals surface area contributed by atoms with Gasteiger partial charge in [0.2, 0.25) is 5.88 Å². The Labute approximate surface area is 136 Å². The molecule has 0 saturated carbocycles. The smallest absolute Gasteiger partial charge is 0.315 e. The fourth-order valence-corrected chi connectivity index (χ4v) is 2.12. The number of nitrogens with zero attached hydrogens (tertiary/aromatic N) is 1. The molecule has 0 unspecified atom stereocenters. The second-order valence-electron chi connectivity index (χ2n) is 5.65. The number of amides is 2. The number of hydrogen-bond acceptors (Lipinski definition) is 4. The number of carbonyl (C=O) groups is 1. The van der Waals surface area contributed by atoms with Gasteiger partial charge in [-0.2, -0.15) is 0 Å². The van der Waals surface area contributed by atoms with Crippen LogP contribution in [0.4, 0.5) is 4.79 Å². The molecule has 0 saturated heterocycles. The van der Waals surface area contributed by atoms with Crippen LogP contribution in [0, 0.1) is 0 Å². The van der Waals surface area contributed by atoms with E-state index in [1.54, 1.807) is 12.5 Å². The minimum atomic E-state index is -0.233. The lowest BCUT2D eigenvalue weighted by Gasteiger charge is -2.15. The lowest BCUT2D eigenvalue weighted by molar-refractivity contribution is 0.227. The molecule has 2 heterocycles. The molecule has 2 amide bonds. The van der Waals surface area contributed by atoms with E-state index in [0.717, 1.165) is 11.3 Å². The van der Waals surface area contributed by atoms with E-state index in [-0.39, 0.29) is 18.2 Å². The van der Waals surface area contributed by atoms with Gasteiger partial charge in [-0.15, -0.1) is 0 Å². The molecule has 0 fully saturated rings. The number of furan rings is 1. The lowest BCUT2D eigenvalue weighted by atomic mass is 10.2. The van der Waals surface area contributed by atoms with Crippen molar-refractivity contribution in [1.82, 2.24) is 15.6 Å². The van der Waals surface area contributed by atoms with Crippen LogP contribution in [-0.2, 0) is 13.0 Å². The Morgan fingerprint density at radius 1 is 1.30 bits per heavy atom. The van der Waals surface area contributed by atoms with Gasteiger partial charge in [-0.05, 0) is 39.0 Å². The van der Waals surface area contributed by atoms with E-state index in [0.29, 0.717) is 18.8 Å². The van der Waals surface area contributed by atoms with Gasteiger partial charge in [0.15, 0.2) is 0 Å². The van der Waals surface area contributed by atoms with Crippen LogP contribution in [0.1, 0.15) is 32.1 Å². The maximum atomic E-state index is 12.0. The molecule has 0 bridgehead atoms. The van der Waals surface area contributed by atoms with Gasteiger partial charge in [-0.1, -0.05) is 6.07 Å². The van der Waals surface area contributed by atoms with E-state index >= 15 is 0 Å². The zero-order chi connectivity index (χ0) is 16.7. The fraction of sp³-hybridized carbons (Fsp3) is 0.412. The van der Waals surface area contributed by atoms with Gasteiger partial charge in [0.1, 0.15) is 5.76 Å². The second-order valence-corrected chi connectivity index (χ2v) is 5.65. The molecule has 0 aromatic carbocycles. The van der Waals surface area contributed by atoms with E-state index < -0.39 is 0 Å². The first-order valence-corrected chi connectivity index (χ1v) is 7.72. The van der Waals surface area contributed by atoms with E-state index in [4.69, 9.17) is 9.15 Å². The molecule has 0 spiro atoms. The number of ether oxygens (including phenoxy) is 1. The van der Waals surface area contributed by atoms with Crippen molar-refractivity contribution in [2.75, 3.05) is 0 Å². The first-order valence-electron chi connectivity index (χ1n) is 7.72. The molecule has 2 aromatic rings. The summed E-state index contributed by atoms with van der Waals surface area (Å²) in [6.45, 7) is 6.17. The number of pyridine rings is 1. The summed E-state index contributed by atoms with van der Waals surface area (Å²) in [6.07, 6.45) is 3.98.